The fourth-order valence-corrected chi connectivity index (χ4v) is 2.78. The molecule has 2 atom stereocenters. The van der Waals surface area contributed by atoms with Crippen molar-refractivity contribution in [2.75, 3.05) is 0 Å². The van der Waals surface area contributed by atoms with Gasteiger partial charge in [-0.05, 0) is 38.5 Å². The molecule has 0 heterocycles. The number of hydrogen-bond acceptors (Lipinski definition) is 3. The summed E-state index contributed by atoms with van der Waals surface area (Å²) < 4.78 is 13.3. The Balaban J connectivity index is 2.70. The van der Waals surface area contributed by atoms with Gasteiger partial charge in [0.15, 0.2) is 0 Å². The highest BCUT2D eigenvalue weighted by atomic mass is 32.2. The quantitative estimate of drug-likeness (QED) is 0.758. The molecule has 0 radical (unpaired) electrons. The largest absolute Gasteiger partial charge is 0.478 e. The fourth-order valence-electron chi connectivity index (χ4n) is 1.86. The summed E-state index contributed by atoms with van der Waals surface area (Å²) in [6.07, 6.45) is 1.89. The Labute approximate surface area is 128 Å². The van der Waals surface area contributed by atoms with E-state index in [0.29, 0.717) is 4.90 Å². The van der Waals surface area contributed by atoms with Gasteiger partial charge in [-0.3, -0.25) is 4.79 Å². The Bertz CT molecular complexity index is 522. The molecule has 21 heavy (non-hydrogen) atoms. The first-order valence-electron chi connectivity index (χ1n) is 6.85. The minimum absolute atomic E-state index is 0.105. The number of hydrogen-bond donors (Lipinski definition) is 2. The molecule has 1 aromatic rings. The highest BCUT2D eigenvalue weighted by Gasteiger charge is 2.18. The lowest BCUT2D eigenvalue weighted by Gasteiger charge is -2.17. The third kappa shape index (κ3) is 5.38. The van der Waals surface area contributed by atoms with Gasteiger partial charge in [-0.1, -0.05) is 13.3 Å². The molecule has 0 fully saturated rings. The SMILES string of the molecule is CCCC(C)NC(=O)C(C)Sc1ccc(F)c(C(=O)O)c1. The zero-order valence-corrected chi connectivity index (χ0v) is 13.2. The monoisotopic (exact) mass is 313 g/mol. The number of carbonyl (C=O) groups excluding carboxylic acids is 1. The van der Waals surface area contributed by atoms with E-state index < -0.39 is 11.8 Å². The molecule has 1 aromatic carbocycles. The highest BCUT2D eigenvalue weighted by molar-refractivity contribution is 8.00. The summed E-state index contributed by atoms with van der Waals surface area (Å²) in [7, 11) is 0. The first-order chi connectivity index (χ1) is 9.85. The number of thioether (sulfide) groups is 1. The first kappa shape index (κ1) is 17.5. The third-order valence-electron chi connectivity index (χ3n) is 2.96. The van der Waals surface area contributed by atoms with Crippen LogP contribution in [0.2, 0.25) is 0 Å². The number of amides is 1. The van der Waals surface area contributed by atoms with Crippen molar-refractivity contribution in [1.29, 1.82) is 0 Å². The minimum Gasteiger partial charge on any atom is -0.478 e. The number of carboxylic acid groups (broad SMARTS) is 1. The van der Waals surface area contributed by atoms with Gasteiger partial charge >= 0.3 is 5.97 Å². The lowest BCUT2D eigenvalue weighted by molar-refractivity contribution is -0.120. The Kier molecular flexibility index (Phi) is 6.68. The van der Waals surface area contributed by atoms with E-state index in [1.807, 2.05) is 13.8 Å². The van der Waals surface area contributed by atoms with Crippen molar-refractivity contribution in [3.63, 3.8) is 0 Å². The maximum absolute atomic E-state index is 13.3. The van der Waals surface area contributed by atoms with E-state index in [4.69, 9.17) is 5.11 Å². The number of benzene rings is 1. The van der Waals surface area contributed by atoms with E-state index in [-0.39, 0.29) is 22.8 Å². The summed E-state index contributed by atoms with van der Waals surface area (Å²) in [6, 6.07) is 3.94. The van der Waals surface area contributed by atoms with Crippen LogP contribution in [0, 0.1) is 5.82 Å². The summed E-state index contributed by atoms with van der Waals surface area (Å²) in [6.45, 7) is 5.73. The molecule has 0 saturated heterocycles. The molecule has 0 aromatic heterocycles. The normalized spacial score (nSPS) is 13.5. The van der Waals surface area contributed by atoms with Gasteiger partial charge in [-0.2, -0.15) is 0 Å². The number of halogens is 1. The van der Waals surface area contributed by atoms with E-state index in [1.54, 1.807) is 6.92 Å². The van der Waals surface area contributed by atoms with E-state index >= 15 is 0 Å². The highest BCUT2D eigenvalue weighted by Crippen LogP contribution is 2.25. The second-order valence-electron chi connectivity index (χ2n) is 4.91. The van der Waals surface area contributed by atoms with Gasteiger partial charge in [0.25, 0.3) is 0 Å². The predicted molar refractivity (Wildman–Crippen MR) is 81.2 cm³/mol. The molecule has 0 aliphatic carbocycles. The summed E-state index contributed by atoms with van der Waals surface area (Å²) >= 11 is 1.21. The van der Waals surface area contributed by atoms with Crippen LogP contribution in [0.25, 0.3) is 0 Å². The van der Waals surface area contributed by atoms with E-state index in [2.05, 4.69) is 5.32 Å². The lowest BCUT2D eigenvalue weighted by atomic mass is 10.2. The molecule has 116 valence electrons. The second-order valence-corrected chi connectivity index (χ2v) is 6.32. The Morgan fingerprint density at radius 3 is 2.62 bits per heavy atom. The first-order valence-corrected chi connectivity index (χ1v) is 7.73. The van der Waals surface area contributed by atoms with Crippen LogP contribution in [0.3, 0.4) is 0 Å². The predicted octanol–water partition coefficient (Wildman–Crippen LogP) is 3.31. The van der Waals surface area contributed by atoms with E-state index in [0.717, 1.165) is 18.9 Å². The smallest absolute Gasteiger partial charge is 0.338 e. The van der Waals surface area contributed by atoms with Crippen molar-refractivity contribution in [1.82, 2.24) is 5.32 Å². The van der Waals surface area contributed by atoms with Gasteiger partial charge in [0, 0.05) is 10.9 Å². The van der Waals surface area contributed by atoms with Crippen LogP contribution in [-0.2, 0) is 4.79 Å². The average Bonchev–Trinajstić information content (AvgIpc) is 2.40. The molecule has 0 bridgehead atoms. The van der Waals surface area contributed by atoms with Crippen LogP contribution >= 0.6 is 11.8 Å². The van der Waals surface area contributed by atoms with Gasteiger partial charge in [-0.25, -0.2) is 9.18 Å². The summed E-state index contributed by atoms with van der Waals surface area (Å²) in [5.41, 5.74) is -0.382. The van der Waals surface area contributed by atoms with Crippen LogP contribution in [-0.4, -0.2) is 28.3 Å². The molecule has 0 aliphatic rings. The van der Waals surface area contributed by atoms with Crippen molar-refractivity contribution in [3.8, 4) is 0 Å². The summed E-state index contributed by atoms with van der Waals surface area (Å²) in [4.78, 5) is 23.4. The van der Waals surface area contributed by atoms with Crippen molar-refractivity contribution in [3.05, 3.63) is 29.6 Å². The van der Waals surface area contributed by atoms with Crippen LogP contribution in [0.4, 0.5) is 4.39 Å². The zero-order valence-electron chi connectivity index (χ0n) is 12.4. The van der Waals surface area contributed by atoms with Gasteiger partial charge in [0.05, 0.1) is 10.8 Å². The molecule has 2 N–H and O–H groups in total. The standard InChI is InChI=1S/C15H20FNO3S/c1-4-5-9(2)17-14(18)10(3)21-11-6-7-13(16)12(8-11)15(19)20/h6-10H,4-5H2,1-3H3,(H,17,18)(H,19,20). The minimum atomic E-state index is -1.32. The van der Waals surface area contributed by atoms with Crippen molar-refractivity contribution in [2.24, 2.45) is 0 Å². The lowest BCUT2D eigenvalue weighted by Crippen LogP contribution is -2.37. The Hall–Kier alpha value is -1.56. The van der Waals surface area contributed by atoms with Crippen molar-refractivity contribution < 1.29 is 19.1 Å². The van der Waals surface area contributed by atoms with Crippen LogP contribution in [0.5, 0.6) is 0 Å². The number of carboxylic acids is 1. The topological polar surface area (TPSA) is 66.4 Å². The van der Waals surface area contributed by atoms with Crippen LogP contribution in [0.15, 0.2) is 23.1 Å². The molecule has 0 spiro atoms. The van der Waals surface area contributed by atoms with Gasteiger partial charge in [-0.15, -0.1) is 11.8 Å². The second kappa shape index (κ2) is 8.02. The molecular weight excluding hydrogens is 293 g/mol. The van der Waals surface area contributed by atoms with Gasteiger partial charge < -0.3 is 10.4 Å². The van der Waals surface area contributed by atoms with Crippen LogP contribution < -0.4 is 5.32 Å². The molecule has 0 aliphatic heterocycles. The number of nitrogens with one attached hydrogen (secondary N) is 1. The van der Waals surface area contributed by atoms with Crippen molar-refractivity contribution >= 4 is 23.6 Å². The molecule has 1 amide bonds. The number of carbonyl (C=O) groups is 2. The Morgan fingerprint density at radius 1 is 1.38 bits per heavy atom. The summed E-state index contributed by atoms with van der Waals surface area (Å²) in [5.74, 6) is -2.20. The Morgan fingerprint density at radius 2 is 2.05 bits per heavy atom. The average molecular weight is 313 g/mol. The molecule has 1 rings (SSSR count). The maximum atomic E-state index is 13.3. The zero-order chi connectivity index (χ0) is 16.0. The molecule has 2 unspecified atom stereocenters. The van der Waals surface area contributed by atoms with E-state index in [1.165, 1.54) is 23.9 Å². The number of rotatable bonds is 7. The number of aromatic carboxylic acids is 1. The van der Waals surface area contributed by atoms with Crippen molar-refractivity contribution in [2.45, 2.75) is 49.8 Å². The van der Waals surface area contributed by atoms with Crippen LogP contribution in [0.1, 0.15) is 44.0 Å². The fraction of sp³-hybridized carbons (Fsp3) is 0.467. The molecule has 6 heteroatoms. The molecular formula is C15H20FNO3S. The third-order valence-corrected chi connectivity index (χ3v) is 4.05. The molecule has 0 saturated carbocycles. The van der Waals surface area contributed by atoms with Gasteiger partial charge in [0.1, 0.15) is 5.82 Å². The van der Waals surface area contributed by atoms with Gasteiger partial charge in [0.2, 0.25) is 5.91 Å². The molecule has 4 nitrogen and oxygen atoms in total. The maximum Gasteiger partial charge on any atom is 0.338 e. The van der Waals surface area contributed by atoms with E-state index in [9.17, 15) is 14.0 Å². The summed E-state index contributed by atoms with van der Waals surface area (Å²) in [5, 5.41) is 11.4.